The van der Waals surface area contributed by atoms with E-state index in [1.807, 2.05) is 22.8 Å². The maximum Gasteiger partial charge on any atom is 0.301 e. The first-order valence-electron chi connectivity index (χ1n) is 6.88. The minimum absolute atomic E-state index is 0.191. The molecule has 6 nitrogen and oxygen atoms in total. The maximum absolute atomic E-state index is 12.2. The summed E-state index contributed by atoms with van der Waals surface area (Å²) >= 11 is 7.44. The van der Waals surface area contributed by atoms with Crippen molar-refractivity contribution in [1.29, 1.82) is 0 Å². The van der Waals surface area contributed by atoms with Gasteiger partial charge in [0.25, 0.3) is 0 Å². The average Bonchev–Trinajstić information content (AvgIpc) is 3.08. The molecule has 120 valence electrons. The lowest BCUT2D eigenvalue weighted by Gasteiger charge is -2.03. The van der Waals surface area contributed by atoms with Gasteiger partial charge in [-0.05, 0) is 25.1 Å². The van der Waals surface area contributed by atoms with E-state index in [0.717, 1.165) is 10.2 Å². The molecular formula is C15H14ClN3O3S. The smallest absolute Gasteiger partial charge is 0.301 e. The largest absolute Gasteiger partial charge is 0.383 e. The summed E-state index contributed by atoms with van der Waals surface area (Å²) in [4.78, 5) is 17.0. The fourth-order valence-corrected chi connectivity index (χ4v) is 3.47. The predicted molar refractivity (Wildman–Crippen MR) is 87.8 cm³/mol. The molecule has 23 heavy (non-hydrogen) atoms. The third-order valence-corrected chi connectivity index (χ3v) is 4.48. The molecular weight excluding hydrogens is 338 g/mol. The van der Waals surface area contributed by atoms with Crippen molar-refractivity contribution in [3.63, 3.8) is 0 Å². The second-order valence-electron chi connectivity index (χ2n) is 4.88. The molecule has 8 heteroatoms. The lowest BCUT2D eigenvalue weighted by Crippen LogP contribution is -2.19. The number of halogens is 1. The van der Waals surface area contributed by atoms with Crippen molar-refractivity contribution in [2.45, 2.75) is 13.5 Å². The van der Waals surface area contributed by atoms with Gasteiger partial charge in [0.1, 0.15) is 5.76 Å². The van der Waals surface area contributed by atoms with E-state index in [1.54, 1.807) is 20.1 Å². The summed E-state index contributed by atoms with van der Waals surface area (Å²) in [5, 5.41) is 4.34. The Morgan fingerprint density at radius 1 is 1.48 bits per heavy atom. The number of hydrogen-bond acceptors (Lipinski definition) is 5. The molecule has 0 saturated heterocycles. The Balaban J connectivity index is 2.11. The van der Waals surface area contributed by atoms with E-state index in [1.165, 1.54) is 11.3 Å². The summed E-state index contributed by atoms with van der Waals surface area (Å²) in [6.45, 7) is 2.82. The van der Waals surface area contributed by atoms with E-state index in [0.29, 0.717) is 28.7 Å². The van der Waals surface area contributed by atoms with Gasteiger partial charge in [0, 0.05) is 24.7 Å². The highest BCUT2D eigenvalue weighted by atomic mass is 35.5. The van der Waals surface area contributed by atoms with Gasteiger partial charge in [-0.3, -0.25) is 4.79 Å². The van der Waals surface area contributed by atoms with Crippen molar-refractivity contribution in [2.24, 2.45) is 4.99 Å². The number of aromatic nitrogens is 2. The molecule has 0 spiro atoms. The van der Waals surface area contributed by atoms with Crippen molar-refractivity contribution >= 4 is 39.1 Å². The Morgan fingerprint density at radius 3 is 3.00 bits per heavy atom. The molecule has 3 aromatic rings. The molecule has 0 aliphatic rings. The van der Waals surface area contributed by atoms with Crippen LogP contribution >= 0.6 is 22.9 Å². The van der Waals surface area contributed by atoms with Crippen LogP contribution in [0.1, 0.15) is 16.2 Å². The number of methoxy groups -OCH3 is 1. The van der Waals surface area contributed by atoms with Crippen LogP contribution in [-0.4, -0.2) is 29.3 Å². The van der Waals surface area contributed by atoms with E-state index in [4.69, 9.17) is 20.9 Å². The number of fused-ring (bicyclic) bond motifs is 1. The molecule has 0 radical (unpaired) electrons. The summed E-state index contributed by atoms with van der Waals surface area (Å²) < 4.78 is 13.0. The average molecular weight is 352 g/mol. The SMILES string of the molecule is COCCn1c(=NC(=O)c2cc(C)on2)sc2cc(Cl)ccc21. The van der Waals surface area contributed by atoms with Crippen LogP contribution in [0, 0.1) is 6.92 Å². The van der Waals surface area contributed by atoms with E-state index >= 15 is 0 Å². The zero-order valence-electron chi connectivity index (χ0n) is 12.6. The highest BCUT2D eigenvalue weighted by Gasteiger charge is 2.12. The number of carbonyl (C=O) groups excluding carboxylic acids is 1. The molecule has 0 aliphatic carbocycles. The first kappa shape index (κ1) is 15.9. The normalized spacial score (nSPS) is 12.2. The number of amides is 1. The second-order valence-corrected chi connectivity index (χ2v) is 6.33. The van der Waals surface area contributed by atoms with Crippen molar-refractivity contribution < 1.29 is 14.1 Å². The first-order valence-corrected chi connectivity index (χ1v) is 8.08. The molecule has 0 atom stereocenters. The topological polar surface area (TPSA) is 69.6 Å². The summed E-state index contributed by atoms with van der Waals surface area (Å²) in [7, 11) is 1.63. The van der Waals surface area contributed by atoms with Crippen LogP contribution in [0.25, 0.3) is 10.2 Å². The van der Waals surface area contributed by atoms with Crippen molar-refractivity contribution in [2.75, 3.05) is 13.7 Å². The Hall–Kier alpha value is -1.96. The van der Waals surface area contributed by atoms with Crippen molar-refractivity contribution in [3.8, 4) is 0 Å². The predicted octanol–water partition coefficient (Wildman–Crippen LogP) is 3.04. The third-order valence-electron chi connectivity index (χ3n) is 3.21. The number of hydrogen-bond donors (Lipinski definition) is 0. The van der Waals surface area contributed by atoms with Crippen LogP contribution < -0.4 is 4.80 Å². The highest BCUT2D eigenvalue weighted by molar-refractivity contribution is 7.16. The number of thiazole rings is 1. The van der Waals surface area contributed by atoms with Crippen molar-refractivity contribution in [1.82, 2.24) is 9.72 Å². The van der Waals surface area contributed by atoms with Gasteiger partial charge in [-0.1, -0.05) is 28.1 Å². The number of ether oxygens (including phenoxy) is 1. The third kappa shape index (κ3) is 3.36. The van der Waals surface area contributed by atoms with Gasteiger partial charge in [-0.2, -0.15) is 4.99 Å². The number of benzene rings is 1. The van der Waals surface area contributed by atoms with E-state index in [9.17, 15) is 4.79 Å². The van der Waals surface area contributed by atoms with Gasteiger partial charge in [-0.25, -0.2) is 0 Å². The van der Waals surface area contributed by atoms with Gasteiger partial charge >= 0.3 is 5.91 Å². The molecule has 3 rings (SSSR count). The first-order chi connectivity index (χ1) is 11.1. The Kier molecular flexibility index (Phi) is 4.61. The van der Waals surface area contributed by atoms with Gasteiger partial charge in [0.15, 0.2) is 10.5 Å². The molecule has 1 amide bonds. The number of rotatable bonds is 4. The van der Waals surface area contributed by atoms with Gasteiger partial charge in [0.2, 0.25) is 0 Å². The molecule has 2 aromatic heterocycles. The minimum atomic E-state index is -0.439. The lowest BCUT2D eigenvalue weighted by atomic mass is 10.3. The molecule has 0 fully saturated rings. The fraction of sp³-hybridized carbons (Fsp3) is 0.267. The molecule has 0 bridgehead atoms. The fourth-order valence-electron chi connectivity index (χ4n) is 2.14. The maximum atomic E-state index is 12.2. The Morgan fingerprint density at radius 2 is 2.30 bits per heavy atom. The van der Waals surface area contributed by atoms with Crippen molar-refractivity contribution in [3.05, 3.63) is 45.5 Å². The summed E-state index contributed by atoms with van der Waals surface area (Å²) in [5.74, 6) is 0.129. The monoisotopic (exact) mass is 351 g/mol. The Bertz CT molecular complexity index is 926. The Labute approximate surface area is 141 Å². The zero-order valence-corrected chi connectivity index (χ0v) is 14.1. The standard InChI is InChI=1S/C15H14ClN3O3S/c1-9-7-11(18-22-9)14(20)17-15-19(5-6-21-2)12-4-3-10(16)8-13(12)23-15/h3-4,7-8H,5-6H2,1-2H3. The summed E-state index contributed by atoms with van der Waals surface area (Å²) in [6, 6.07) is 7.14. The van der Waals surface area contributed by atoms with Crippen LogP contribution in [0.4, 0.5) is 0 Å². The van der Waals surface area contributed by atoms with Crippen LogP contribution in [0.5, 0.6) is 0 Å². The van der Waals surface area contributed by atoms with Crippen LogP contribution in [0.3, 0.4) is 0 Å². The van der Waals surface area contributed by atoms with E-state index < -0.39 is 5.91 Å². The van der Waals surface area contributed by atoms with Crippen LogP contribution in [-0.2, 0) is 11.3 Å². The molecule has 0 N–H and O–H groups in total. The van der Waals surface area contributed by atoms with E-state index in [-0.39, 0.29) is 5.69 Å². The van der Waals surface area contributed by atoms with Gasteiger partial charge in [-0.15, -0.1) is 0 Å². The molecule has 2 heterocycles. The lowest BCUT2D eigenvalue weighted by molar-refractivity contribution is 0.0988. The molecule has 0 saturated carbocycles. The van der Waals surface area contributed by atoms with Crippen LogP contribution in [0.15, 0.2) is 33.8 Å². The second kappa shape index (κ2) is 6.66. The molecule has 1 aromatic carbocycles. The van der Waals surface area contributed by atoms with Gasteiger partial charge < -0.3 is 13.8 Å². The number of aryl methyl sites for hydroxylation is 1. The summed E-state index contributed by atoms with van der Waals surface area (Å²) in [6.07, 6.45) is 0. The van der Waals surface area contributed by atoms with Crippen LogP contribution in [0.2, 0.25) is 5.02 Å². The molecule has 0 aliphatic heterocycles. The molecule has 0 unspecified atom stereocenters. The summed E-state index contributed by atoms with van der Waals surface area (Å²) in [5.41, 5.74) is 1.15. The van der Waals surface area contributed by atoms with E-state index in [2.05, 4.69) is 10.1 Å². The highest BCUT2D eigenvalue weighted by Crippen LogP contribution is 2.22. The minimum Gasteiger partial charge on any atom is -0.383 e. The number of nitrogens with zero attached hydrogens (tertiary/aromatic N) is 3. The quantitative estimate of drug-likeness (QED) is 0.724. The van der Waals surface area contributed by atoms with Gasteiger partial charge in [0.05, 0.1) is 16.8 Å². The number of carbonyl (C=O) groups is 1. The zero-order chi connectivity index (χ0) is 16.4.